The SMILES string of the molecule is CN1CC(C(=O)N2CCCC2c2nc3ccccc3s2)CC1=O. The summed E-state index contributed by atoms with van der Waals surface area (Å²) < 4.78 is 1.16. The number of carbonyl (C=O) groups is 2. The van der Waals surface area contributed by atoms with E-state index < -0.39 is 0 Å². The van der Waals surface area contributed by atoms with E-state index in [-0.39, 0.29) is 23.8 Å². The number of aromatic nitrogens is 1. The molecule has 2 unspecified atom stereocenters. The molecule has 120 valence electrons. The predicted molar refractivity (Wildman–Crippen MR) is 89.1 cm³/mol. The Kier molecular flexibility index (Phi) is 3.56. The maximum Gasteiger partial charge on any atom is 0.228 e. The van der Waals surface area contributed by atoms with Gasteiger partial charge in [-0.05, 0) is 25.0 Å². The zero-order valence-corrected chi connectivity index (χ0v) is 13.9. The van der Waals surface area contributed by atoms with Crippen LogP contribution in [0.15, 0.2) is 24.3 Å². The number of benzene rings is 1. The standard InChI is InChI=1S/C17H19N3O2S/c1-19-10-11(9-15(19)21)17(22)20-8-4-6-13(20)16-18-12-5-2-3-7-14(12)23-16/h2-3,5,7,11,13H,4,6,8-10H2,1H3. The van der Waals surface area contributed by atoms with Crippen molar-refractivity contribution < 1.29 is 9.59 Å². The van der Waals surface area contributed by atoms with E-state index in [1.165, 1.54) is 0 Å². The molecule has 6 heteroatoms. The Bertz CT molecular complexity index is 739. The van der Waals surface area contributed by atoms with Gasteiger partial charge in [-0.2, -0.15) is 0 Å². The Morgan fingerprint density at radius 3 is 2.91 bits per heavy atom. The lowest BCUT2D eigenvalue weighted by Gasteiger charge is -2.25. The van der Waals surface area contributed by atoms with E-state index in [0.29, 0.717) is 13.0 Å². The van der Waals surface area contributed by atoms with Gasteiger partial charge in [-0.3, -0.25) is 9.59 Å². The molecule has 0 spiro atoms. The number of nitrogens with zero attached hydrogens (tertiary/aromatic N) is 3. The van der Waals surface area contributed by atoms with Crippen LogP contribution in [0.25, 0.3) is 10.2 Å². The third-order valence-electron chi connectivity index (χ3n) is 4.82. The smallest absolute Gasteiger partial charge is 0.228 e. The van der Waals surface area contributed by atoms with Crippen LogP contribution in [-0.2, 0) is 9.59 Å². The Hall–Kier alpha value is -1.95. The zero-order chi connectivity index (χ0) is 16.0. The molecule has 0 bridgehead atoms. The molecule has 2 aliphatic heterocycles. The van der Waals surface area contributed by atoms with E-state index in [0.717, 1.165) is 34.6 Å². The van der Waals surface area contributed by atoms with Crippen molar-refractivity contribution in [1.82, 2.24) is 14.8 Å². The molecule has 2 aliphatic rings. The summed E-state index contributed by atoms with van der Waals surface area (Å²) in [6.07, 6.45) is 2.31. The summed E-state index contributed by atoms with van der Waals surface area (Å²) in [7, 11) is 1.77. The van der Waals surface area contributed by atoms with Crippen molar-refractivity contribution >= 4 is 33.4 Å². The van der Waals surface area contributed by atoms with E-state index >= 15 is 0 Å². The molecule has 0 aliphatic carbocycles. The summed E-state index contributed by atoms with van der Waals surface area (Å²) in [6, 6.07) is 8.16. The molecule has 2 aromatic rings. The molecule has 0 saturated carbocycles. The Morgan fingerprint density at radius 2 is 2.17 bits per heavy atom. The van der Waals surface area contributed by atoms with E-state index in [4.69, 9.17) is 4.98 Å². The number of likely N-dealkylation sites (tertiary alicyclic amines) is 2. The van der Waals surface area contributed by atoms with Gasteiger partial charge in [0.25, 0.3) is 0 Å². The number of hydrogen-bond acceptors (Lipinski definition) is 4. The largest absolute Gasteiger partial charge is 0.345 e. The minimum absolute atomic E-state index is 0.0686. The quantitative estimate of drug-likeness (QED) is 0.850. The second kappa shape index (κ2) is 5.60. The Morgan fingerprint density at radius 1 is 1.35 bits per heavy atom. The highest BCUT2D eigenvalue weighted by atomic mass is 32.1. The Balaban J connectivity index is 1.59. The lowest BCUT2D eigenvalue weighted by Crippen LogP contribution is -2.36. The van der Waals surface area contributed by atoms with Crippen molar-refractivity contribution in [3.05, 3.63) is 29.3 Å². The highest BCUT2D eigenvalue weighted by molar-refractivity contribution is 7.18. The topological polar surface area (TPSA) is 53.5 Å². The molecule has 1 aromatic heterocycles. The summed E-state index contributed by atoms with van der Waals surface area (Å²) >= 11 is 1.68. The lowest BCUT2D eigenvalue weighted by molar-refractivity contribution is -0.136. The van der Waals surface area contributed by atoms with Crippen molar-refractivity contribution in [1.29, 1.82) is 0 Å². The number of amides is 2. The van der Waals surface area contributed by atoms with Gasteiger partial charge >= 0.3 is 0 Å². The average Bonchev–Trinajstić information content (AvgIpc) is 3.24. The lowest BCUT2D eigenvalue weighted by atomic mass is 10.1. The molecule has 4 rings (SSSR count). The molecule has 3 heterocycles. The molecular weight excluding hydrogens is 310 g/mol. The van der Waals surface area contributed by atoms with Crippen molar-refractivity contribution in [3.63, 3.8) is 0 Å². The summed E-state index contributed by atoms with van der Waals surface area (Å²) in [5.74, 6) is -0.00832. The molecule has 0 radical (unpaired) electrons. The maximum absolute atomic E-state index is 12.9. The second-order valence-corrected chi connectivity index (χ2v) is 7.45. The fraction of sp³-hybridized carbons (Fsp3) is 0.471. The van der Waals surface area contributed by atoms with Crippen LogP contribution in [0, 0.1) is 5.92 Å². The average molecular weight is 329 g/mol. The molecule has 2 saturated heterocycles. The molecule has 0 N–H and O–H groups in total. The third kappa shape index (κ3) is 2.51. The van der Waals surface area contributed by atoms with Gasteiger partial charge in [-0.25, -0.2) is 4.98 Å². The van der Waals surface area contributed by atoms with Crippen LogP contribution in [0.4, 0.5) is 0 Å². The van der Waals surface area contributed by atoms with Gasteiger partial charge in [0.05, 0.1) is 22.2 Å². The number of fused-ring (bicyclic) bond motifs is 1. The van der Waals surface area contributed by atoms with Crippen molar-refractivity contribution in [3.8, 4) is 0 Å². The number of rotatable bonds is 2. The summed E-state index contributed by atoms with van der Waals surface area (Å²) in [6.45, 7) is 1.31. The van der Waals surface area contributed by atoms with E-state index in [1.807, 2.05) is 23.1 Å². The normalized spacial score (nSPS) is 24.8. The van der Waals surface area contributed by atoms with E-state index in [2.05, 4.69) is 6.07 Å². The summed E-state index contributed by atoms with van der Waals surface area (Å²) in [5.41, 5.74) is 1.00. The van der Waals surface area contributed by atoms with Crippen LogP contribution in [0.1, 0.15) is 30.3 Å². The van der Waals surface area contributed by atoms with Crippen LogP contribution in [-0.4, -0.2) is 46.7 Å². The van der Waals surface area contributed by atoms with Gasteiger partial charge in [0.1, 0.15) is 5.01 Å². The van der Waals surface area contributed by atoms with Crippen LogP contribution in [0.3, 0.4) is 0 Å². The fourth-order valence-corrected chi connectivity index (χ4v) is 4.70. The van der Waals surface area contributed by atoms with Gasteiger partial charge in [0.15, 0.2) is 0 Å². The van der Waals surface area contributed by atoms with Crippen molar-refractivity contribution in [2.24, 2.45) is 5.92 Å². The van der Waals surface area contributed by atoms with Gasteiger partial charge in [-0.15, -0.1) is 11.3 Å². The first-order chi connectivity index (χ1) is 11.1. The fourth-order valence-electron chi connectivity index (χ4n) is 3.58. The van der Waals surface area contributed by atoms with Crippen LogP contribution in [0.2, 0.25) is 0 Å². The van der Waals surface area contributed by atoms with Gasteiger partial charge < -0.3 is 9.80 Å². The van der Waals surface area contributed by atoms with E-state index in [1.54, 1.807) is 23.3 Å². The van der Waals surface area contributed by atoms with Gasteiger partial charge in [0.2, 0.25) is 11.8 Å². The number of hydrogen-bond donors (Lipinski definition) is 0. The molecule has 2 atom stereocenters. The van der Waals surface area contributed by atoms with E-state index in [9.17, 15) is 9.59 Å². The van der Waals surface area contributed by atoms with Gasteiger partial charge in [0, 0.05) is 26.6 Å². The highest BCUT2D eigenvalue weighted by Crippen LogP contribution is 2.37. The molecule has 5 nitrogen and oxygen atoms in total. The first-order valence-electron chi connectivity index (χ1n) is 8.03. The van der Waals surface area contributed by atoms with Crippen LogP contribution >= 0.6 is 11.3 Å². The minimum Gasteiger partial charge on any atom is -0.345 e. The van der Waals surface area contributed by atoms with Crippen molar-refractivity contribution in [2.75, 3.05) is 20.1 Å². The first-order valence-corrected chi connectivity index (χ1v) is 8.85. The van der Waals surface area contributed by atoms with Crippen LogP contribution in [0.5, 0.6) is 0 Å². The number of para-hydroxylation sites is 1. The molecule has 2 fully saturated rings. The molecule has 2 amide bonds. The van der Waals surface area contributed by atoms with Crippen LogP contribution < -0.4 is 0 Å². The maximum atomic E-state index is 12.9. The second-order valence-electron chi connectivity index (χ2n) is 6.38. The third-order valence-corrected chi connectivity index (χ3v) is 5.96. The predicted octanol–water partition coefficient (Wildman–Crippen LogP) is 2.44. The van der Waals surface area contributed by atoms with Crippen molar-refractivity contribution in [2.45, 2.75) is 25.3 Å². The van der Waals surface area contributed by atoms with Gasteiger partial charge in [-0.1, -0.05) is 12.1 Å². The molecular formula is C17H19N3O2S. The summed E-state index contributed by atoms with van der Waals surface area (Å²) in [5, 5.41) is 1.02. The first kappa shape index (κ1) is 14.6. The highest BCUT2D eigenvalue weighted by Gasteiger charge is 2.39. The number of thiazole rings is 1. The summed E-state index contributed by atoms with van der Waals surface area (Å²) in [4.78, 5) is 32.9. The Labute approximate surface area is 138 Å². The zero-order valence-electron chi connectivity index (χ0n) is 13.1. The monoisotopic (exact) mass is 329 g/mol. The minimum atomic E-state index is -0.192. The molecule has 1 aromatic carbocycles. The molecule has 23 heavy (non-hydrogen) atoms. The number of carbonyl (C=O) groups excluding carboxylic acids is 2.